The Kier molecular flexibility index (Phi) is 3.66. The standard InChI is InChI=1S/C13H13N3O3/c1-9(12(17)16-7-6-15-13(16)18)19-11-4-2-10(8-14)3-5-11/h2-5,9H,6-7H2,1H3,(H,15,18)/t9-/m0/s1. The SMILES string of the molecule is C[C@H](Oc1ccc(C#N)cc1)C(=O)N1CCNC1=O. The number of imide groups is 1. The molecule has 0 bridgehead atoms. The maximum Gasteiger partial charge on any atom is 0.324 e. The summed E-state index contributed by atoms with van der Waals surface area (Å²) in [5.74, 6) is 0.110. The molecule has 2 rings (SSSR count). The van der Waals surface area contributed by atoms with Gasteiger partial charge in [-0.2, -0.15) is 5.26 Å². The summed E-state index contributed by atoms with van der Waals surface area (Å²) in [6.45, 7) is 2.42. The van der Waals surface area contributed by atoms with Crippen LogP contribution in [0, 0.1) is 11.3 Å². The fourth-order valence-electron chi connectivity index (χ4n) is 1.76. The Bertz CT molecular complexity index is 533. The molecule has 1 heterocycles. The first-order valence-corrected chi connectivity index (χ1v) is 5.88. The zero-order chi connectivity index (χ0) is 13.8. The molecule has 1 N–H and O–H groups in total. The van der Waals surface area contributed by atoms with Gasteiger partial charge in [0, 0.05) is 13.1 Å². The maximum atomic E-state index is 12.0. The van der Waals surface area contributed by atoms with E-state index in [1.54, 1.807) is 31.2 Å². The lowest BCUT2D eigenvalue weighted by atomic mass is 10.2. The summed E-state index contributed by atoms with van der Waals surface area (Å²) in [4.78, 5) is 24.5. The Hall–Kier alpha value is -2.55. The molecule has 0 radical (unpaired) electrons. The molecular formula is C13H13N3O3. The third-order valence-electron chi connectivity index (χ3n) is 2.77. The van der Waals surface area contributed by atoms with Gasteiger partial charge < -0.3 is 10.1 Å². The van der Waals surface area contributed by atoms with Gasteiger partial charge in [-0.25, -0.2) is 4.79 Å². The van der Waals surface area contributed by atoms with Gasteiger partial charge in [0.1, 0.15) is 5.75 Å². The number of nitrogens with one attached hydrogen (secondary N) is 1. The predicted octanol–water partition coefficient (Wildman–Crippen LogP) is 0.877. The first-order valence-electron chi connectivity index (χ1n) is 5.88. The first-order chi connectivity index (χ1) is 9.11. The molecule has 19 heavy (non-hydrogen) atoms. The number of benzene rings is 1. The summed E-state index contributed by atoms with van der Waals surface area (Å²) < 4.78 is 5.46. The van der Waals surface area contributed by atoms with E-state index in [0.29, 0.717) is 24.4 Å². The van der Waals surface area contributed by atoms with Gasteiger partial charge in [0.15, 0.2) is 6.10 Å². The van der Waals surface area contributed by atoms with Gasteiger partial charge >= 0.3 is 6.03 Å². The molecule has 0 aliphatic carbocycles. The lowest BCUT2D eigenvalue weighted by molar-refractivity contribution is -0.134. The van der Waals surface area contributed by atoms with Gasteiger partial charge in [-0.3, -0.25) is 9.69 Å². The maximum absolute atomic E-state index is 12.0. The average Bonchev–Trinajstić information content (AvgIpc) is 2.85. The molecule has 0 aromatic heterocycles. The van der Waals surface area contributed by atoms with Crippen LogP contribution in [0.3, 0.4) is 0 Å². The third-order valence-corrected chi connectivity index (χ3v) is 2.77. The van der Waals surface area contributed by atoms with Crippen molar-refractivity contribution in [1.29, 1.82) is 5.26 Å². The van der Waals surface area contributed by atoms with Crippen LogP contribution in [-0.2, 0) is 4.79 Å². The minimum atomic E-state index is -0.753. The number of ether oxygens (including phenoxy) is 1. The van der Waals surface area contributed by atoms with Crippen LogP contribution in [0.5, 0.6) is 5.75 Å². The van der Waals surface area contributed by atoms with Crippen LogP contribution >= 0.6 is 0 Å². The van der Waals surface area contributed by atoms with E-state index < -0.39 is 6.10 Å². The summed E-state index contributed by atoms with van der Waals surface area (Å²) in [5.41, 5.74) is 0.519. The molecule has 6 heteroatoms. The normalized spacial score (nSPS) is 15.6. The third kappa shape index (κ3) is 2.83. The molecule has 1 aromatic rings. The summed E-state index contributed by atoms with van der Waals surface area (Å²) in [5, 5.41) is 11.2. The highest BCUT2D eigenvalue weighted by Gasteiger charge is 2.30. The molecule has 1 atom stereocenters. The van der Waals surface area contributed by atoms with Gasteiger partial charge in [0.25, 0.3) is 5.91 Å². The van der Waals surface area contributed by atoms with E-state index in [2.05, 4.69) is 5.32 Å². The Balaban J connectivity index is 2.00. The molecule has 1 aromatic carbocycles. The summed E-state index contributed by atoms with van der Waals surface area (Å²) >= 11 is 0. The lowest BCUT2D eigenvalue weighted by Gasteiger charge is -2.19. The zero-order valence-corrected chi connectivity index (χ0v) is 10.4. The number of amides is 3. The molecule has 1 aliphatic rings. The van der Waals surface area contributed by atoms with Crippen molar-refractivity contribution < 1.29 is 14.3 Å². The van der Waals surface area contributed by atoms with E-state index in [1.165, 1.54) is 0 Å². The number of hydrogen-bond donors (Lipinski definition) is 1. The van der Waals surface area contributed by atoms with Crippen LogP contribution in [-0.4, -0.2) is 36.0 Å². The number of nitriles is 1. The minimum absolute atomic E-state index is 0.360. The van der Waals surface area contributed by atoms with Crippen LogP contribution in [0.2, 0.25) is 0 Å². The Morgan fingerprint density at radius 2 is 2.16 bits per heavy atom. The monoisotopic (exact) mass is 259 g/mol. The van der Waals surface area contributed by atoms with Gasteiger partial charge in [-0.15, -0.1) is 0 Å². The number of carbonyl (C=O) groups is 2. The second-order valence-corrected chi connectivity index (χ2v) is 4.12. The van der Waals surface area contributed by atoms with Gasteiger partial charge in [-0.1, -0.05) is 0 Å². The molecule has 0 unspecified atom stereocenters. The fraction of sp³-hybridized carbons (Fsp3) is 0.308. The molecule has 1 aliphatic heterocycles. The highest BCUT2D eigenvalue weighted by atomic mass is 16.5. The largest absolute Gasteiger partial charge is 0.481 e. The van der Waals surface area contributed by atoms with E-state index in [1.807, 2.05) is 6.07 Å². The van der Waals surface area contributed by atoms with Crippen molar-refractivity contribution in [3.05, 3.63) is 29.8 Å². The van der Waals surface area contributed by atoms with E-state index >= 15 is 0 Å². The minimum Gasteiger partial charge on any atom is -0.481 e. The second kappa shape index (κ2) is 5.40. The van der Waals surface area contributed by atoms with Gasteiger partial charge in [0.05, 0.1) is 11.6 Å². The van der Waals surface area contributed by atoms with Crippen LogP contribution in [0.15, 0.2) is 24.3 Å². The number of nitrogens with zero attached hydrogens (tertiary/aromatic N) is 2. The highest BCUT2D eigenvalue weighted by molar-refractivity contribution is 5.97. The van der Waals surface area contributed by atoms with E-state index in [9.17, 15) is 9.59 Å². The second-order valence-electron chi connectivity index (χ2n) is 4.12. The fourth-order valence-corrected chi connectivity index (χ4v) is 1.76. The topological polar surface area (TPSA) is 82.4 Å². The van der Waals surface area contributed by atoms with Crippen LogP contribution in [0.25, 0.3) is 0 Å². The molecule has 0 spiro atoms. The van der Waals surface area contributed by atoms with E-state index in [-0.39, 0.29) is 11.9 Å². The molecule has 98 valence electrons. The van der Waals surface area contributed by atoms with Crippen molar-refractivity contribution in [3.8, 4) is 11.8 Å². The van der Waals surface area contributed by atoms with Gasteiger partial charge in [0.2, 0.25) is 0 Å². The highest BCUT2D eigenvalue weighted by Crippen LogP contribution is 2.14. The van der Waals surface area contributed by atoms with Crippen molar-refractivity contribution in [2.45, 2.75) is 13.0 Å². The molecule has 3 amide bonds. The lowest BCUT2D eigenvalue weighted by Crippen LogP contribution is -2.42. The molecular weight excluding hydrogens is 246 g/mol. The molecule has 0 saturated carbocycles. The number of rotatable bonds is 3. The Morgan fingerprint density at radius 1 is 1.47 bits per heavy atom. The zero-order valence-electron chi connectivity index (χ0n) is 10.4. The molecule has 1 fully saturated rings. The van der Waals surface area contributed by atoms with Crippen molar-refractivity contribution in [3.63, 3.8) is 0 Å². The van der Waals surface area contributed by atoms with Crippen molar-refractivity contribution >= 4 is 11.9 Å². The summed E-state index contributed by atoms with van der Waals surface area (Å²) in [6.07, 6.45) is -0.753. The number of carbonyl (C=O) groups excluding carboxylic acids is 2. The number of hydrogen-bond acceptors (Lipinski definition) is 4. The summed E-state index contributed by atoms with van der Waals surface area (Å²) in [7, 11) is 0. The summed E-state index contributed by atoms with van der Waals surface area (Å²) in [6, 6.07) is 8.06. The van der Waals surface area contributed by atoms with Crippen LogP contribution < -0.4 is 10.1 Å². The van der Waals surface area contributed by atoms with Crippen molar-refractivity contribution in [1.82, 2.24) is 10.2 Å². The van der Waals surface area contributed by atoms with E-state index in [4.69, 9.17) is 10.00 Å². The first kappa shape index (κ1) is 12.9. The molecule has 1 saturated heterocycles. The smallest absolute Gasteiger partial charge is 0.324 e. The average molecular weight is 259 g/mol. The Morgan fingerprint density at radius 3 is 2.68 bits per heavy atom. The van der Waals surface area contributed by atoms with Gasteiger partial charge in [-0.05, 0) is 31.2 Å². The quantitative estimate of drug-likeness (QED) is 0.873. The van der Waals surface area contributed by atoms with Crippen LogP contribution in [0.4, 0.5) is 4.79 Å². The van der Waals surface area contributed by atoms with Crippen LogP contribution in [0.1, 0.15) is 12.5 Å². The van der Waals surface area contributed by atoms with Crippen molar-refractivity contribution in [2.75, 3.05) is 13.1 Å². The Labute approximate surface area is 110 Å². The van der Waals surface area contributed by atoms with E-state index in [0.717, 1.165) is 4.90 Å². The number of urea groups is 1. The van der Waals surface area contributed by atoms with Crippen molar-refractivity contribution in [2.24, 2.45) is 0 Å². The predicted molar refractivity (Wildman–Crippen MR) is 66.4 cm³/mol. The molecule has 6 nitrogen and oxygen atoms in total.